The van der Waals surface area contributed by atoms with Gasteiger partial charge in [-0.3, -0.25) is 9.78 Å². The smallest absolute Gasteiger partial charge is 0.260 e. The molecular weight excluding hydrogens is 287 g/mol. The molecule has 1 amide bonds. The lowest BCUT2D eigenvalue weighted by Crippen LogP contribution is -2.51. The molecular formula is C15H17FN4O2. The van der Waals surface area contributed by atoms with Crippen molar-refractivity contribution >= 4 is 5.91 Å². The highest BCUT2D eigenvalue weighted by Gasteiger charge is 2.43. The molecule has 0 atom stereocenters. The topological polar surface area (TPSA) is 78.2 Å². The third kappa shape index (κ3) is 2.62. The number of pyridine rings is 1. The van der Waals surface area contributed by atoms with Crippen LogP contribution in [0.25, 0.3) is 0 Å². The summed E-state index contributed by atoms with van der Waals surface area (Å²) in [5, 5.41) is 12.1. The van der Waals surface area contributed by atoms with E-state index in [1.54, 1.807) is 6.20 Å². The Morgan fingerprint density at radius 2 is 2.23 bits per heavy atom. The number of nitrogens with zero attached hydrogens (tertiary/aromatic N) is 3. The van der Waals surface area contributed by atoms with Gasteiger partial charge in [-0.2, -0.15) is 5.26 Å². The molecule has 1 aromatic rings. The summed E-state index contributed by atoms with van der Waals surface area (Å²) in [6.45, 7) is 1.77. The van der Waals surface area contributed by atoms with Gasteiger partial charge in [-0.05, 0) is 13.1 Å². The number of fused-ring (bicyclic) bond motifs is 1. The molecule has 0 aromatic carbocycles. The molecule has 0 aliphatic carbocycles. The van der Waals surface area contributed by atoms with Crippen molar-refractivity contribution in [2.45, 2.75) is 25.1 Å². The number of hydrogen-bond acceptors (Lipinski definition) is 5. The minimum Gasteiger partial charge on any atom is -0.490 e. The largest absolute Gasteiger partial charge is 0.490 e. The Kier molecular flexibility index (Phi) is 3.94. The van der Waals surface area contributed by atoms with Crippen molar-refractivity contribution in [3.8, 4) is 11.8 Å². The fourth-order valence-electron chi connectivity index (χ4n) is 2.89. The van der Waals surface area contributed by atoms with Gasteiger partial charge in [0.25, 0.3) is 5.91 Å². The number of ether oxygens (including phenoxy) is 1. The lowest BCUT2D eigenvalue weighted by atomic mass is 9.92. The Hall–Kier alpha value is -2.20. The maximum atomic E-state index is 14.9. The first kappa shape index (κ1) is 14.7. The van der Waals surface area contributed by atoms with E-state index in [0.717, 1.165) is 0 Å². The van der Waals surface area contributed by atoms with Crippen molar-refractivity contribution in [1.82, 2.24) is 15.2 Å². The van der Waals surface area contributed by atoms with E-state index in [-0.39, 0.29) is 26.0 Å². The first-order chi connectivity index (χ1) is 10.6. The molecule has 2 aliphatic heterocycles. The molecule has 6 nitrogen and oxygen atoms in total. The van der Waals surface area contributed by atoms with Gasteiger partial charge in [0.05, 0.1) is 13.1 Å². The normalized spacial score (nSPS) is 20.3. The monoisotopic (exact) mass is 304 g/mol. The van der Waals surface area contributed by atoms with E-state index in [1.165, 1.54) is 11.1 Å². The fraction of sp³-hybridized carbons (Fsp3) is 0.533. The Balaban J connectivity index is 1.84. The summed E-state index contributed by atoms with van der Waals surface area (Å²) in [5.41, 5.74) is -0.832. The van der Waals surface area contributed by atoms with Crippen LogP contribution < -0.4 is 10.1 Å². The lowest BCUT2D eigenvalue weighted by molar-refractivity contribution is -0.146. The summed E-state index contributed by atoms with van der Waals surface area (Å²) in [6, 6.07) is 2.02. The third-order valence-electron chi connectivity index (χ3n) is 4.13. The average Bonchev–Trinajstić information content (AvgIpc) is 2.76. The number of aromatic nitrogens is 1. The van der Waals surface area contributed by atoms with Crippen LogP contribution in [0.15, 0.2) is 12.4 Å². The van der Waals surface area contributed by atoms with Crippen molar-refractivity contribution in [2.24, 2.45) is 0 Å². The van der Waals surface area contributed by atoms with Crippen molar-refractivity contribution < 1.29 is 13.9 Å². The number of nitriles is 1. The number of rotatable bonds is 1. The number of alkyl halides is 1. The van der Waals surface area contributed by atoms with Crippen molar-refractivity contribution in [3.05, 3.63) is 23.5 Å². The highest BCUT2D eigenvalue weighted by molar-refractivity contribution is 5.85. The van der Waals surface area contributed by atoms with Crippen LogP contribution in [0.1, 0.15) is 24.0 Å². The SMILES string of the molecule is N#Cc1cncc2c1OCCN(C(=O)C1(F)CCNCC1)C2. The molecule has 0 radical (unpaired) electrons. The van der Waals surface area contributed by atoms with E-state index in [0.29, 0.717) is 36.5 Å². The highest BCUT2D eigenvalue weighted by atomic mass is 19.1. The van der Waals surface area contributed by atoms with Crippen LogP contribution >= 0.6 is 0 Å². The average molecular weight is 304 g/mol. The molecule has 2 aliphatic rings. The van der Waals surface area contributed by atoms with Crippen LogP contribution in [0, 0.1) is 11.3 Å². The molecule has 1 fully saturated rings. The molecule has 0 bridgehead atoms. The van der Waals surface area contributed by atoms with Crippen molar-refractivity contribution in [3.63, 3.8) is 0 Å². The van der Waals surface area contributed by atoms with Gasteiger partial charge in [0.1, 0.15) is 24.0 Å². The third-order valence-corrected chi connectivity index (χ3v) is 4.13. The van der Waals surface area contributed by atoms with Crippen LogP contribution in [-0.2, 0) is 11.3 Å². The molecule has 0 saturated carbocycles. The molecule has 22 heavy (non-hydrogen) atoms. The standard InChI is InChI=1S/C15H17FN4O2/c16-15(1-3-18-4-2-15)14(21)20-5-6-22-13-11(7-17)8-19-9-12(13)10-20/h8-9,18H,1-6,10H2. The zero-order valence-corrected chi connectivity index (χ0v) is 12.1. The number of carbonyl (C=O) groups excluding carboxylic acids is 1. The second-order valence-corrected chi connectivity index (χ2v) is 5.58. The first-order valence-corrected chi connectivity index (χ1v) is 7.33. The summed E-state index contributed by atoms with van der Waals surface area (Å²) >= 11 is 0. The van der Waals surface area contributed by atoms with Gasteiger partial charge < -0.3 is 15.0 Å². The summed E-state index contributed by atoms with van der Waals surface area (Å²) in [4.78, 5) is 18.0. The molecule has 3 heterocycles. The number of amides is 1. The second-order valence-electron chi connectivity index (χ2n) is 5.58. The minimum absolute atomic E-state index is 0.187. The van der Waals surface area contributed by atoms with Crippen LogP contribution in [0.5, 0.6) is 5.75 Å². The van der Waals surface area contributed by atoms with Crippen LogP contribution in [0.3, 0.4) is 0 Å². The van der Waals surface area contributed by atoms with E-state index in [4.69, 9.17) is 10.00 Å². The van der Waals surface area contributed by atoms with Gasteiger partial charge in [0.2, 0.25) is 0 Å². The quantitative estimate of drug-likeness (QED) is 0.829. The van der Waals surface area contributed by atoms with Crippen LogP contribution in [0.4, 0.5) is 4.39 Å². The van der Waals surface area contributed by atoms with Gasteiger partial charge in [-0.25, -0.2) is 4.39 Å². The number of carbonyl (C=O) groups is 1. The van der Waals surface area contributed by atoms with E-state index >= 15 is 0 Å². The van der Waals surface area contributed by atoms with Crippen molar-refractivity contribution in [2.75, 3.05) is 26.2 Å². The molecule has 0 spiro atoms. The Morgan fingerprint density at radius 3 is 2.95 bits per heavy atom. The summed E-state index contributed by atoms with van der Waals surface area (Å²) in [7, 11) is 0. The van der Waals surface area contributed by atoms with Gasteiger partial charge in [-0.15, -0.1) is 0 Å². The van der Waals surface area contributed by atoms with Gasteiger partial charge in [0, 0.05) is 30.8 Å². The molecule has 116 valence electrons. The maximum Gasteiger partial charge on any atom is 0.260 e. The molecule has 1 saturated heterocycles. The number of nitrogens with one attached hydrogen (secondary N) is 1. The summed E-state index contributed by atoms with van der Waals surface area (Å²) < 4.78 is 20.4. The Labute approximate surface area is 127 Å². The van der Waals surface area contributed by atoms with E-state index in [2.05, 4.69) is 10.3 Å². The van der Waals surface area contributed by atoms with Gasteiger partial charge in [-0.1, -0.05) is 0 Å². The predicted octanol–water partition coefficient (Wildman–Crippen LogP) is 0.766. The summed E-state index contributed by atoms with van der Waals surface area (Å²) in [5.74, 6) is -0.0428. The zero-order valence-electron chi connectivity index (χ0n) is 12.1. The molecule has 1 N–H and O–H groups in total. The highest BCUT2D eigenvalue weighted by Crippen LogP contribution is 2.30. The molecule has 0 unspecified atom stereocenters. The van der Waals surface area contributed by atoms with Gasteiger partial charge in [0.15, 0.2) is 5.67 Å². The Bertz CT molecular complexity index is 622. The van der Waals surface area contributed by atoms with Crippen LogP contribution in [-0.4, -0.2) is 47.7 Å². The predicted molar refractivity (Wildman–Crippen MR) is 75.8 cm³/mol. The minimum atomic E-state index is -1.81. The Morgan fingerprint density at radius 1 is 1.45 bits per heavy atom. The number of hydrogen-bond donors (Lipinski definition) is 1. The van der Waals surface area contributed by atoms with E-state index in [1.807, 2.05) is 6.07 Å². The fourth-order valence-corrected chi connectivity index (χ4v) is 2.89. The maximum absolute atomic E-state index is 14.9. The first-order valence-electron chi connectivity index (χ1n) is 7.33. The zero-order chi connectivity index (χ0) is 15.6. The van der Waals surface area contributed by atoms with E-state index < -0.39 is 11.6 Å². The number of piperidine rings is 1. The number of halogens is 1. The molecule has 1 aromatic heterocycles. The van der Waals surface area contributed by atoms with Gasteiger partial charge >= 0.3 is 0 Å². The second kappa shape index (κ2) is 5.89. The molecule has 7 heteroatoms. The van der Waals surface area contributed by atoms with Crippen molar-refractivity contribution in [1.29, 1.82) is 5.26 Å². The summed E-state index contributed by atoms with van der Waals surface area (Å²) in [6.07, 6.45) is 3.37. The van der Waals surface area contributed by atoms with Crippen LogP contribution in [0.2, 0.25) is 0 Å². The lowest BCUT2D eigenvalue weighted by Gasteiger charge is -2.33. The molecule has 3 rings (SSSR count). The van der Waals surface area contributed by atoms with E-state index in [9.17, 15) is 9.18 Å².